The van der Waals surface area contributed by atoms with Gasteiger partial charge in [0, 0.05) is 13.0 Å². The summed E-state index contributed by atoms with van der Waals surface area (Å²) in [7, 11) is 1.17. The van der Waals surface area contributed by atoms with Gasteiger partial charge in [-0.15, -0.1) is 0 Å². The number of hydrogen-bond acceptors (Lipinski definition) is 6. The molecule has 2 rings (SSSR count). The van der Waals surface area contributed by atoms with Crippen molar-refractivity contribution in [1.82, 2.24) is 15.5 Å². The lowest BCUT2D eigenvalue weighted by Crippen LogP contribution is -2.64. The van der Waals surface area contributed by atoms with E-state index in [1.807, 2.05) is 27.7 Å². The van der Waals surface area contributed by atoms with Crippen LogP contribution in [0.5, 0.6) is 0 Å². The number of nitrogens with two attached hydrogens (primary N) is 1. The number of fused-ring (bicyclic) bond motifs is 1. The van der Waals surface area contributed by atoms with Crippen LogP contribution in [-0.4, -0.2) is 72.2 Å². The maximum atomic E-state index is 13.9. The summed E-state index contributed by atoms with van der Waals surface area (Å²) < 4.78 is 31.8. The Kier molecular flexibility index (Phi) is 8.61. The largest absolute Gasteiger partial charge is 0.453 e. The van der Waals surface area contributed by atoms with Crippen LogP contribution in [0.2, 0.25) is 0 Å². The van der Waals surface area contributed by atoms with E-state index < -0.39 is 77.3 Å². The second-order valence-corrected chi connectivity index (χ2v) is 12.8. The summed E-state index contributed by atoms with van der Waals surface area (Å²) >= 11 is 0. The molecule has 0 radical (unpaired) electrons. The van der Waals surface area contributed by atoms with E-state index in [1.54, 1.807) is 20.8 Å². The number of alkyl carbamates (subject to hydrolysis) is 1. The van der Waals surface area contributed by atoms with Crippen molar-refractivity contribution in [2.45, 2.75) is 92.3 Å². The first-order valence-electron chi connectivity index (χ1n) is 12.7. The number of amides is 4. The van der Waals surface area contributed by atoms with E-state index in [0.717, 1.165) is 0 Å². The Balaban J connectivity index is 2.48. The van der Waals surface area contributed by atoms with E-state index in [2.05, 4.69) is 10.6 Å². The fourth-order valence-corrected chi connectivity index (χ4v) is 5.86. The summed E-state index contributed by atoms with van der Waals surface area (Å²) in [4.78, 5) is 65.2. The normalized spacial score (nSPS) is 25.3. The number of carbonyl (C=O) groups excluding carboxylic acids is 5. The van der Waals surface area contributed by atoms with Crippen molar-refractivity contribution < 1.29 is 37.5 Å². The molecule has 1 aliphatic carbocycles. The van der Waals surface area contributed by atoms with Crippen molar-refractivity contribution in [3.05, 3.63) is 0 Å². The molecular weight excluding hydrogens is 502 g/mol. The molecule has 0 bridgehead atoms. The Morgan fingerprint density at radius 2 is 1.58 bits per heavy atom. The average Bonchev–Trinajstić information content (AvgIpc) is 3.18. The number of likely N-dealkylation sites (tertiary alicyclic amines) is 1. The molecule has 38 heavy (non-hydrogen) atoms. The Morgan fingerprint density at radius 1 is 1.03 bits per heavy atom. The zero-order valence-electron chi connectivity index (χ0n) is 23.7. The van der Waals surface area contributed by atoms with E-state index >= 15 is 0 Å². The number of Topliss-reactive ketones (excluding diaryl/α,β-unsaturated/α-hetero) is 1. The number of nitrogens with zero attached hydrogens (tertiary/aromatic N) is 1. The minimum absolute atomic E-state index is 0.0822. The Labute approximate surface area is 222 Å². The number of nitrogens with one attached hydrogen (secondary N) is 2. The first-order chi connectivity index (χ1) is 17.1. The van der Waals surface area contributed by atoms with Crippen molar-refractivity contribution in [2.24, 2.45) is 33.8 Å². The van der Waals surface area contributed by atoms with Crippen LogP contribution in [0.1, 0.15) is 68.2 Å². The molecule has 2 aliphatic rings. The fourth-order valence-electron chi connectivity index (χ4n) is 5.86. The molecule has 1 heterocycles. The number of rotatable bonds is 9. The van der Waals surface area contributed by atoms with E-state index in [0.29, 0.717) is 6.92 Å². The summed E-state index contributed by atoms with van der Waals surface area (Å²) in [5.41, 5.74) is 3.70. The summed E-state index contributed by atoms with van der Waals surface area (Å²) in [6.07, 6.45) is -2.08. The molecule has 1 saturated heterocycles. The highest BCUT2D eigenvalue weighted by molar-refractivity contribution is 6.37. The first-order valence-corrected chi connectivity index (χ1v) is 12.7. The molecule has 0 aromatic carbocycles. The molecule has 2 fully saturated rings. The fraction of sp³-hybridized carbons (Fsp3) is 0.808. The summed E-state index contributed by atoms with van der Waals surface area (Å²) in [5.74, 6) is -7.34. The molecule has 0 spiro atoms. The van der Waals surface area contributed by atoms with E-state index in [9.17, 15) is 32.8 Å². The standard InChI is InChI=1S/C26H42F2N4O6/c1-23(2,3)18(31-22(37)38-9)21(36)32-12-13-15(25(6,7)24(13,4)5)16(32)20(35)30-14(17(33)19(29)34)10-11-26(8,27)28/h13-16,18H,10-12H2,1-9H3,(H2,29,34)(H,30,35)(H,31,37)/t13-,14-,15-,16-,18+/m0/s1. The monoisotopic (exact) mass is 544 g/mol. The van der Waals surface area contributed by atoms with Crippen molar-refractivity contribution in [2.75, 3.05) is 13.7 Å². The molecule has 0 aromatic rings. The van der Waals surface area contributed by atoms with Gasteiger partial charge in [0.15, 0.2) is 0 Å². The number of halogens is 2. The number of ether oxygens (including phenoxy) is 1. The summed E-state index contributed by atoms with van der Waals surface area (Å²) in [6, 6.07) is -3.68. The van der Waals surface area contributed by atoms with Crippen LogP contribution in [0.4, 0.5) is 13.6 Å². The second-order valence-electron chi connectivity index (χ2n) is 12.8. The quantitative estimate of drug-likeness (QED) is 0.379. The van der Waals surface area contributed by atoms with Crippen LogP contribution in [-0.2, 0) is 23.9 Å². The lowest BCUT2D eigenvalue weighted by Gasteiger charge is -2.63. The van der Waals surface area contributed by atoms with Gasteiger partial charge in [0.25, 0.3) is 5.91 Å². The number of hydrogen-bond donors (Lipinski definition) is 3. The van der Waals surface area contributed by atoms with Crippen molar-refractivity contribution in [1.29, 1.82) is 0 Å². The third-order valence-corrected chi connectivity index (χ3v) is 8.78. The van der Waals surface area contributed by atoms with Gasteiger partial charge in [0.1, 0.15) is 12.1 Å². The van der Waals surface area contributed by atoms with Gasteiger partial charge in [-0.1, -0.05) is 48.5 Å². The van der Waals surface area contributed by atoms with Gasteiger partial charge in [-0.05, 0) is 41.4 Å². The van der Waals surface area contributed by atoms with Gasteiger partial charge >= 0.3 is 6.09 Å². The lowest BCUT2D eigenvalue weighted by atomic mass is 9.40. The zero-order chi connectivity index (χ0) is 29.6. The van der Waals surface area contributed by atoms with Gasteiger partial charge in [0.05, 0.1) is 13.2 Å². The average molecular weight is 545 g/mol. The van der Waals surface area contributed by atoms with Crippen molar-refractivity contribution in [3.8, 4) is 0 Å². The SMILES string of the molecule is COC(=O)N[C@H](C(=O)N1C[C@H]2[C@@H]([C@H]1C(=O)N[C@@H](CCC(C)(F)F)C(=O)C(N)=O)C(C)(C)C2(C)C)C(C)(C)C. The highest BCUT2D eigenvalue weighted by atomic mass is 19.3. The molecule has 0 unspecified atom stereocenters. The molecule has 1 aliphatic heterocycles. The predicted molar refractivity (Wildman–Crippen MR) is 135 cm³/mol. The molecule has 0 aromatic heterocycles. The molecule has 216 valence electrons. The van der Waals surface area contributed by atoms with Gasteiger partial charge in [-0.3, -0.25) is 19.2 Å². The predicted octanol–water partition coefficient (Wildman–Crippen LogP) is 2.24. The number of carbonyl (C=O) groups is 5. The Hall–Kier alpha value is -2.79. The third kappa shape index (κ3) is 5.93. The molecule has 12 heteroatoms. The topological polar surface area (TPSA) is 148 Å². The summed E-state index contributed by atoms with van der Waals surface area (Å²) in [6.45, 7) is 14.2. The molecule has 5 atom stereocenters. The Morgan fingerprint density at radius 3 is 2.03 bits per heavy atom. The molecular formula is C26H42F2N4O6. The zero-order valence-corrected chi connectivity index (χ0v) is 23.7. The molecule has 1 saturated carbocycles. The third-order valence-electron chi connectivity index (χ3n) is 8.78. The number of primary amides is 1. The molecule has 10 nitrogen and oxygen atoms in total. The maximum Gasteiger partial charge on any atom is 0.407 e. The van der Waals surface area contributed by atoms with E-state index in [-0.39, 0.29) is 23.8 Å². The minimum Gasteiger partial charge on any atom is -0.453 e. The molecule has 4 amide bonds. The highest BCUT2D eigenvalue weighted by Gasteiger charge is 2.70. The summed E-state index contributed by atoms with van der Waals surface area (Å²) in [5, 5.41) is 5.01. The highest BCUT2D eigenvalue weighted by Crippen LogP contribution is 2.68. The van der Waals surface area contributed by atoms with Crippen LogP contribution < -0.4 is 16.4 Å². The van der Waals surface area contributed by atoms with Crippen LogP contribution in [0, 0.1) is 28.1 Å². The van der Waals surface area contributed by atoms with E-state index in [1.165, 1.54) is 12.0 Å². The van der Waals surface area contributed by atoms with Gasteiger partial charge in [-0.2, -0.15) is 0 Å². The molecule has 4 N–H and O–H groups in total. The smallest absolute Gasteiger partial charge is 0.407 e. The minimum atomic E-state index is -3.14. The van der Waals surface area contributed by atoms with Crippen LogP contribution in [0.15, 0.2) is 0 Å². The van der Waals surface area contributed by atoms with Crippen LogP contribution in [0.25, 0.3) is 0 Å². The van der Waals surface area contributed by atoms with Crippen LogP contribution in [0.3, 0.4) is 0 Å². The Bertz CT molecular complexity index is 985. The maximum absolute atomic E-state index is 13.9. The van der Waals surface area contributed by atoms with Gasteiger partial charge in [0.2, 0.25) is 23.5 Å². The van der Waals surface area contributed by atoms with Gasteiger partial charge in [-0.25, -0.2) is 13.6 Å². The number of methoxy groups -OCH3 is 1. The van der Waals surface area contributed by atoms with E-state index in [4.69, 9.17) is 10.5 Å². The number of alkyl halides is 2. The van der Waals surface area contributed by atoms with Crippen LogP contribution >= 0.6 is 0 Å². The second kappa shape index (κ2) is 10.4. The van der Waals surface area contributed by atoms with Gasteiger partial charge < -0.3 is 26.0 Å². The first kappa shape index (κ1) is 31.4. The lowest BCUT2D eigenvalue weighted by molar-refractivity contribution is -0.162. The van der Waals surface area contributed by atoms with Crippen molar-refractivity contribution in [3.63, 3.8) is 0 Å². The van der Waals surface area contributed by atoms with Crippen molar-refractivity contribution >= 4 is 29.6 Å². The number of ketones is 1.